The molecule has 1 aromatic rings. The SMILES string of the molecule is CCNC(=NCc1ccc2c(c1)OCO2)NCC(=O)NCCOC. The van der Waals surface area contributed by atoms with E-state index < -0.39 is 0 Å². The van der Waals surface area contributed by atoms with Crippen LogP contribution in [0.4, 0.5) is 0 Å². The van der Waals surface area contributed by atoms with E-state index >= 15 is 0 Å². The zero-order chi connectivity index (χ0) is 17.2. The van der Waals surface area contributed by atoms with Gasteiger partial charge in [-0.3, -0.25) is 4.79 Å². The van der Waals surface area contributed by atoms with Crippen molar-refractivity contribution in [2.24, 2.45) is 4.99 Å². The van der Waals surface area contributed by atoms with Crippen LogP contribution < -0.4 is 25.4 Å². The molecule has 3 N–H and O–H groups in total. The summed E-state index contributed by atoms with van der Waals surface area (Å²) in [4.78, 5) is 16.2. The van der Waals surface area contributed by atoms with E-state index in [0.29, 0.717) is 32.2 Å². The summed E-state index contributed by atoms with van der Waals surface area (Å²) in [6, 6.07) is 5.72. The summed E-state index contributed by atoms with van der Waals surface area (Å²) in [5, 5.41) is 8.85. The molecule has 1 aliphatic heterocycles. The Labute approximate surface area is 141 Å². The fraction of sp³-hybridized carbons (Fsp3) is 0.500. The van der Waals surface area contributed by atoms with Crippen molar-refractivity contribution in [3.8, 4) is 11.5 Å². The van der Waals surface area contributed by atoms with Gasteiger partial charge >= 0.3 is 0 Å². The maximum absolute atomic E-state index is 11.7. The molecule has 0 saturated carbocycles. The van der Waals surface area contributed by atoms with Crippen molar-refractivity contribution in [3.05, 3.63) is 23.8 Å². The molecule has 132 valence electrons. The Bertz CT molecular complexity index is 577. The van der Waals surface area contributed by atoms with Crippen molar-refractivity contribution in [2.45, 2.75) is 13.5 Å². The highest BCUT2D eigenvalue weighted by atomic mass is 16.7. The number of carbonyl (C=O) groups excluding carboxylic acids is 1. The summed E-state index contributed by atoms with van der Waals surface area (Å²) in [7, 11) is 1.59. The molecule has 0 radical (unpaired) electrons. The van der Waals surface area contributed by atoms with Gasteiger partial charge in [0.25, 0.3) is 0 Å². The Morgan fingerprint density at radius 2 is 2.08 bits per heavy atom. The van der Waals surface area contributed by atoms with Crippen molar-refractivity contribution in [2.75, 3.05) is 40.1 Å². The second-order valence-electron chi connectivity index (χ2n) is 5.08. The Hall–Kier alpha value is -2.48. The van der Waals surface area contributed by atoms with Crippen LogP contribution in [0.15, 0.2) is 23.2 Å². The average molecular weight is 336 g/mol. The smallest absolute Gasteiger partial charge is 0.239 e. The fourth-order valence-corrected chi connectivity index (χ4v) is 2.07. The number of carbonyl (C=O) groups is 1. The molecule has 1 aliphatic rings. The molecule has 1 heterocycles. The molecule has 24 heavy (non-hydrogen) atoms. The van der Waals surface area contributed by atoms with Crippen LogP contribution in [0.3, 0.4) is 0 Å². The van der Waals surface area contributed by atoms with Gasteiger partial charge in [-0.25, -0.2) is 4.99 Å². The van der Waals surface area contributed by atoms with E-state index in [1.807, 2.05) is 25.1 Å². The second kappa shape index (κ2) is 9.61. The average Bonchev–Trinajstić information content (AvgIpc) is 3.05. The minimum absolute atomic E-state index is 0.110. The number of hydrogen-bond acceptors (Lipinski definition) is 5. The van der Waals surface area contributed by atoms with Crippen LogP contribution in [0, 0.1) is 0 Å². The van der Waals surface area contributed by atoms with Gasteiger partial charge in [0.05, 0.1) is 19.7 Å². The molecule has 0 fully saturated rings. The standard InChI is InChI=1S/C16H24N4O4/c1-3-17-16(20-10-15(21)18-6-7-22-2)19-9-12-4-5-13-14(8-12)24-11-23-13/h4-5,8H,3,6-7,9-11H2,1-2H3,(H,18,21)(H2,17,19,20). The summed E-state index contributed by atoms with van der Waals surface area (Å²) < 4.78 is 15.5. The van der Waals surface area contributed by atoms with Crippen molar-refractivity contribution in [1.29, 1.82) is 0 Å². The zero-order valence-electron chi connectivity index (χ0n) is 14.1. The van der Waals surface area contributed by atoms with E-state index in [0.717, 1.165) is 17.1 Å². The number of aliphatic imine (C=N–C) groups is 1. The predicted molar refractivity (Wildman–Crippen MR) is 90.3 cm³/mol. The van der Waals surface area contributed by atoms with Gasteiger partial charge in [-0.2, -0.15) is 0 Å². The van der Waals surface area contributed by atoms with Gasteiger partial charge in [0, 0.05) is 20.2 Å². The number of benzene rings is 1. The Balaban J connectivity index is 1.85. The first kappa shape index (κ1) is 17.9. The first-order chi connectivity index (χ1) is 11.7. The van der Waals surface area contributed by atoms with Crippen LogP contribution in [0.1, 0.15) is 12.5 Å². The molecule has 8 nitrogen and oxygen atoms in total. The van der Waals surface area contributed by atoms with Gasteiger partial charge in [-0.05, 0) is 24.6 Å². The number of amides is 1. The van der Waals surface area contributed by atoms with Gasteiger partial charge in [-0.15, -0.1) is 0 Å². The highest BCUT2D eigenvalue weighted by molar-refractivity contribution is 5.86. The minimum Gasteiger partial charge on any atom is -0.454 e. The van der Waals surface area contributed by atoms with Gasteiger partial charge in [0.2, 0.25) is 12.7 Å². The van der Waals surface area contributed by atoms with E-state index in [9.17, 15) is 4.79 Å². The van der Waals surface area contributed by atoms with Gasteiger partial charge in [0.1, 0.15) is 0 Å². The predicted octanol–water partition coefficient (Wildman–Crippen LogP) is 0.233. The number of fused-ring (bicyclic) bond motifs is 1. The quantitative estimate of drug-likeness (QED) is 0.358. The molecule has 0 spiro atoms. The highest BCUT2D eigenvalue weighted by Gasteiger charge is 2.13. The summed E-state index contributed by atoms with van der Waals surface area (Å²) in [5.74, 6) is 1.96. The third-order valence-corrected chi connectivity index (χ3v) is 3.25. The normalized spacial score (nSPS) is 12.8. The lowest BCUT2D eigenvalue weighted by Gasteiger charge is -2.11. The maximum Gasteiger partial charge on any atom is 0.239 e. The Morgan fingerprint density at radius 3 is 2.88 bits per heavy atom. The van der Waals surface area contributed by atoms with Crippen LogP contribution >= 0.6 is 0 Å². The Kier molecular flexibility index (Phi) is 7.16. The van der Waals surface area contributed by atoms with Crippen LogP contribution in [0.2, 0.25) is 0 Å². The molecule has 1 aromatic carbocycles. The van der Waals surface area contributed by atoms with E-state index in [-0.39, 0.29) is 19.2 Å². The van der Waals surface area contributed by atoms with Crippen molar-refractivity contribution >= 4 is 11.9 Å². The fourth-order valence-electron chi connectivity index (χ4n) is 2.07. The number of ether oxygens (including phenoxy) is 3. The van der Waals surface area contributed by atoms with Crippen molar-refractivity contribution < 1.29 is 19.0 Å². The lowest BCUT2D eigenvalue weighted by Crippen LogP contribution is -2.43. The van der Waals surface area contributed by atoms with Gasteiger partial charge in [-0.1, -0.05) is 6.07 Å². The number of guanidine groups is 1. The van der Waals surface area contributed by atoms with Crippen LogP contribution in [0.25, 0.3) is 0 Å². The molecule has 0 saturated heterocycles. The molecule has 8 heteroatoms. The van der Waals surface area contributed by atoms with Crippen molar-refractivity contribution in [1.82, 2.24) is 16.0 Å². The summed E-state index contributed by atoms with van der Waals surface area (Å²) in [6.45, 7) is 4.53. The van der Waals surface area contributed by atoms with E-state index in [2.05, 4.69) is 20.9 Å². The molecule has 2 rings (SSSR count). The number of nitrogens with zero attached hydrogens (tertiary/aromatic N) is 1. The van der Waals surface area contributed by atoms with Gasteiger partial charge < -0.3 is 30.2 Å². The number of hydrogen-bond donors (Lipinski definition) is 3. The molecule has 0 unspecified atom stereocenters. The molecule has 0 aromatic heterocycles. The molecule has 0 aliphatic carbocycles. The van der Waals surface area contributed by atoms with Crippen LogP contribution in [-0.2, 0) is 16.1 Å². The monoisotopic (exact) mass is 336 g/mol. The third-order valence-electron chi connectivity index (χ3n) is 3.25. The lowest BCUT2D eigenvalue weighted by molar-refractivity contribution is -0.120. The minimum atomic E-state index is -0.110. The summed E-state index contributed by atoms with van der Waals surface area (Å²) >= 11 is 0. The van der Waals surface area contributed by atoms with Crippen molar-refractivity contribution in [3.63, 3.8) is 0 Å². The zero-order valence-corrected chi connectivity index (χ0v) is 14.1. The van der Waals surface area contributed by atoms with Crippen LogP contribution in [-0.4, -0.2) is 52.0 Å². The number of methoxy groups -OCH3 is 1. The van der Waals surface area contributed by atoms with E-state index in [1.54, 1.807) is 7.11 Å². The van der Waals surface area contributed by atoms with Gasteiger partial charge in [0.15, 0.2) is 17.5 Å². The Morgan fingerprint density at radius 1 is 1.25 bits per heavy atom. The first-order valence-corrected chi connectivity index (χ1v) is 7.89. The molecule has 1 amide bonds. The largest absolute Gasteiger partial charge is 0.454 e. The first-order valence-electron chi connectivity index (χ1n) is 7.89. The number of rotatable bonds is 8. The maximum atomic E-state index is 11.7. The molecular weight excluding hydrogens is 312 g/mol. The molecule has 0 bridgehead atoms. The summed E-state index contributed by atoms with van der Waals surface area (Å²) in [6.07, 6.45) is 0. The highest BCUT2D eigenvalue weighted by Crippen LogP contribution is 2.32. The molecule has 0 atom stereocenters. The van der Waals surface area contributed by atoms with Crippen LogP contribution in [0.5, 0.6) is 11.5 Å². The second-order valence-corrected chi connectivity index (χ2v) is 5.08. The van der Waals surface area contributed by atoms with E-state index in [1.165, 1.54) is 0 Å². The third kappa shape index (κ3) is 5.62. The molecular formula is C16H24N4O4. The number of nitrogens with one attached hydrogen (secondary N) is 3. The lowest BCUT2D eigenvalue weighted by atomic mass is 10.2. The van der Waals surface area contributed by atoms with E-state index in [4.69, 9.17) is 14.2 Å². The topological polar surface area (TPSA) is 93.2 Å². The summed E-state index contributed by atoms with van der Waals surface area (Å²) in [5.41, 5.74) is 1.00.